The quantitative estimate of drug-likeness (QED) is 0.605. The Morgan fingerprint density at radius 3 is 2.59 bits per heavy atom. The van der Waals surface area contributed by atoms with E-state index >= 15 is 0 Å². The molecule has 1 heterocycles. The summed E-state index contributed by atoms with van der Waals surface area (Å²) in [6.45, 7) is 8.24. The molecule has 0 bridgehead atoms. The number of ether oxygens (including phenoxy) is 2. The van der Waals surface area contributed by atoms with E-state index in [1.807, 2.05) is 38.1 Å². The van der Waals surface area contributed by atoms with Gasteiger partial charge in [-0.3, -0.25) is 19.3 Å². The molecule has 3 rings (SSSR count). The number of anilines is 1. The Labute approximate surface area is 188 Å². The predicted octanol–water partition coefficient (Wildman–Crippen LogP) is 3.57. The predicted molar refractivity (Wildman–Crippen MR) is 122 cm³/mol. The van der Waals surface area contributed by atoms with Crippen LogP contribution in [0.5, 0.6) is 11.5 Å². The molecule has 170 valence electrons. The largest absolute Gasteiger partial charge is 0.485 e. The standard InChI is InChI=1S/C25H30N2O5/c1-16(2)12-26-24(29)13-27-20-11-18(9-10-23(20)32-15-25(27)30)21(28)14-31-22-8-6-5-7-19(22)17(3)4/h5-11,16-17H,12-15H2,1-4H3,(H,26,29). The van der Waals surface area contributed by atoms with Gasteiger partial charge < -0.3 is 14.8 Å². The Balaban J connectivity index is 1.74. The summed E-state index contributed by atoms with van der Waals surface area (Å²) >= 11 is 0. The Hall–Kier alpha value is -3.35. The lowest BCUT2D eigenvalue weighted by molar-refractivity contribution is -0.125. The van der Waals surface area contributed by atoms with Crippen LogP contribution >= 0.6 is 0 Å². The van der Waals surface area contributed by atoms with Crippen molar-refractivity contribution >= 4 is 23.3 Å². The number of amides is 2. The van der Waals surface area contributed by atoms with Crippen LogP contribution in [0.25, 0.3) is 0 Å². The molecule has 0 aromatic heterocycles. The molecule has 1 aliphatic heterocycles. The molecule has 1 N–H and O–H groups in total. The first-order valence-corrected chi connectivity index (χ1v) is 10.8. The number of benzene rings is 2. The Morgan fingerprint density at radius 1 is 1.12 bits per heavy atom. The van der Waals surface area contributed by atoms with Crippen molar-refractivity contribution in [3.8, 4) is 11.5 Å². The third kappa shape index (κ3) is 5.66. The van der Waals surface area contributed by atoms with Gasteiger partial charge in [-0.15, -0.1) is 0 Å². The van der Waals surface area contributed by atoms with Gasteiger partial charge in [0.2, 0.25) is 5.91 Å². The molecule has 2 amide bonds. The fraction of sp³-hybridized carbons (Fsp3) is 0.400. The second kappa shape index (κ2) is 10.3. The van der Waals surface area contributed by atoms with Gasteiger partial charge in [-0.2, -0.15) is 0 Å². The van der Waals surface area contributed by atoms with Gasteiger partial charge in [0.1, 0.15) is 18.0 Å². The first-order chi connectivity index (χ1) is 15.3. The molecule has 1 aliphatic rings. The number of nitrogens with zero attached hydrogens (tertiary/aromatic N) is 1. The third-order valence-corrected chi connectivity index (χ3v) is 5.13. The van der Waals surface area contributed by atoms with E-state index in [0.717, 1.165) is 5.56 Å². The Kier molecular flexibility index (Phi) is 7.51. The number of hydrogen-bond donors (Lipinski definition) is 1. The average Bonchev–Trinajstić information content (AvgIpc) is 2.77. The molecule has 0 radical (unpaired) electrons. The molecule has 0 saturated heterocycles. The monoisotopic (exact) mass is 438 g/mol. The molecular weight excluding hydrogens is 408 g/mol. The molecule has 7 heteroatoms. The van der Waals surface area contributed by atoms with E-state index in [9.17, 15) is 14.4 Å². The number of carbonyl (C=O) groups is 3. The fourth-order valence-electron chi connectivity index (χ4n) is 3.38. The molecule has 32 heavy (non-hydrogen) atoms. The summed E-state index contributed by atoms with van der Waals surface area (Å²) in [5.41, 5.74) is 1.83. The molecule has 0 spiro atoms. The zero-order valence-electron chi connectivity index (χ0n) is 19.0. The zero-order chi connectivity index (χ0) is 23.3. The first-order valence-electron chi connectivity index (χ1n) is 10.8. The van der Waals surface area contributed by atoms with Crippen molar-refractivity contribution in [3.63, 3.8) is 0 Å². The zero-order valence-corrected chi connectivity index (χ0v) is 19.0. The topological polar surface area (TPSA) is 84.9 Å². The lowest BCUT2D eigenvalue weighted by atomic mass is 10.0. The van der Waals surface area contributed by atoms with E-state index in [1.165, 1.54) is 4.90 Å². The SMILES string of the molecule is CC(C)CNC(=O)CN1C(=O)COc2ccc(C(=O)COc3ccccc3C(C)C)cc21. The Bertz CT molecular complexity index is 1000. The number of ketones is 1. The Morgan fingerprint density at radius 2 is 1.88 bits per heavy atom. The maximum Gasteiger partial charge on any atom is 0.265 e. The van der Waals surface area contributed by atoms with E-state index in [0.29, 0.717) is 35.2 Å². The lowest BCUT2D eigenvalue weighted by Crippen LogP contribution is -2.45. The highest BCUT2D eigenvalue weighted by Crippen LogP contribution is 2.33. The van der Waals surface area contributed by atoms with Crippen LogP contribution in [-0.4, -0.2) is 43.9 Å². The number of carbonyl (C=O) groups excluding carboxylic acids is 3. The lowest BCUT2D eigenvalue weighted by Gasteiger charge is -2.29. The van der Waals surface area contributed by atoms with E-state index in [2.05, 4.69) is 19.2 Å². The maximum atomic E-state index is 12.8. The van der Waals surface area contributed by atoms with Crippen LogP contribution in [-0.2, 0) is 9.59 Å². The summed E-state index contributed by atoms with van der Waals surface area (Å²) < 4.78 is 11.3. The summed E-state index contributed by atoms with van der Waals surface area (Å²) in [5.74, 6) is 0.891. The average molecular weight is 439 g/mol. The molecule has 7 nitrogen and oxygen atoms in total. The maximum absolute atomic E-state index is 12.8. The van der Waals surface area contributed by atoms with Gasteiger partial charge in [0.05, 0.1) is 5.69 Å². The second-order valence-corrected chi connectivity index (χ2v) is 8.55. The van der Waals surface area contributed by atoms with Crippen LogP contribution in [0.3, 0.4) is 0 Å². The van der Waals surface area contributed by atoms with Crippen molar-refractivity contribution in [1.29, 1.82) is 0 Å². The highest BCUT2D eigenvalue weighted by atomic mass is 16.5. The van der Waals surface area contributed by atoms with E-state index in [-0.39, 0.29) is 43.3 Å². The molecule has 0 saturated carbocycles. The highest BCUT2D eigenvalue weighted by Gasteiger charge is 2.28. The van der Waals surface area contributed by atoms with Crippen molar-refractivity contribution < 1.29 is 23.9 Å². The van der Waals surface area contributed by atoms with Crippen molar-refractivity contribution in [2.24, 2.45) is 5.92 Å². The summed E-state index contributed by atoms with van der Waals surface area (Å²) in [5, 5.41) is 2.81. The van der Waals surface area contributed by atoms with Crippen LogP contribution in [0.4, 0.5) is 5.69 Å². The number of nitrogens with one attached hydrogen (secondary N) is 1. The minimum atomic E-state index is -0.330. The summed E-state index contributed by atoms with van der Waals surface area (Å²) in [6, 6.07) is 12.5. The smallest absolute Gasteiger partial charge is 0.265 e. The molecule has 0 atom stereocenters. The fourth-order valence-corrected chi connectivity index (χ4v) is 3.38. The summed E-state index contributed by atoms with van der Waals surface area (Å²) in [7, 11) is 0. The summed E-state index contributed by atoms with van der Waals surface area (Å²) in [6.07, 6.45) is 0. The van der Waals surface area contributed by atoms with Crippen LogP contribution < -0.4 is 19.7 Å². The van der Waals surface area contributed by atoms with E-state index in [4.69, 9.17) is 9.47 Å². The minimum absolute atomic E-state index is 0.127. The van der Waals surface area contributed by atoms with Crippen LogP contribution in [0.1, 0.15) is 49.5 Å². The number of rotatable bonds is 9. The van der Waals surface area contributed by atoms with Gasteiger partial charge in [0, 0.05) is 12.1 Å². The normalized spacial score (nSPS) is 13.1. The number of Topliss-reactive ketones (excluding diaryl/α,β-unsaturated/α-hetero) is 1. The second-order valence-electron chi connectivity index (χ2n) is 8.55. The van der Waals surface area contributed by atoms with Gasteiger partial charge in [-0.1, -0.05) is 45.9 Å². The van der Waals surface area contributed by atoms with Crippen molar-refractivity contribution in [1.82, 2.24) is 5.32 Å². The number of fused-ring (bicyclic) bond motifs is 1. The highest BCUT2D eigenvalue weighted by molar-refractivity contribution is 6.04. The van der Waals surface area contributed by atoms with E-state index < -0.39 is 0 Å². The molecule has 0 fully saturated rings. The molecule has 0 aliphatic carbocycles. The third-order valence-electron chi connectivity index (χ3n) is 5.13. The van der Waals surface area contributed by atoms with Gasteiger partial charge in [-0.05, 0) is 41.7 Å². The van der Waals surface area contributed by atoms with Gasteiger partial charge in [0.25, 0.3) is 5.91 Å². The number of para-hydroxylation sites is 1. The van der Waals surface area contributed by atoms with Crippen molar-refractivity contribution in [2.75, 3.05) is 31.2 Å². The van der Waals surface area contributed by atoms with Crippen molar-refractivity contribution in [3.05, 3.63) is 53.6 Å². The number of hydrogen-bond acceptors (Lipinski definition) is 5. The van der Waals surface area contributed by atoms with Crippen molar-refractivity contribution in [2.45, 2.75) is 33.6 Å². The minimum Gasteiger partial charge on any atom is -0.485 e. The van der Waals surface area contributed by atoms with Gasteiger partial charge in [0.15, 0.2) is 19.0 Å². The molecular formula is C25H30N2O5. The van der Waals surface area contributed by atoms with Crippen LogP contribution in [0.15, 0.2) is 42.5 Å². The van der Waals surface area contributed by atoms with Crippen LogP contribution in [0.2, 0.25) is 0 Å². The van der Waals surface area contributed by atoms with Gasteiger partial charge >= 0.3 is 0 Å². The van der Waals surface area contributed by atoms with Gasteiger partial charge in [-0.25, -0.2) is 0 Å². The van der Waals surface area contributed by atoms with Crippen LogP contribution in [0, 0.1) is 5.92 Å². The molecule has 2 aromatic carbocycles. The molecule has 2 aromatic rings. The molecule has 0 unspecified atom stereocenters. The van der Waals surface area contributed by atoms with E-state index in [1.54, 1.807) is 18.2 Å². The first kappa shape index (κ1) is 23.3. The summed E-state index contributed by atoms with van der Waals surface area (Å²) in [4.78, 5) is 38.9.